The van der Waals surface area contributed by atoms with E-state index in [1.807, 2.05) is 32.3 Å². The Balaban J connectivity index is 1.82. The van der Waals surface area contributed by atoms with Crippen LogP contribution in [0.4, 0.5) is 14.5 Å². The maximum Gasteiger partial charge on any atom is 0.224 e. The molecule has 2 aromatic carbocycles. The summed E-state index contributed by atoms with van der Waals surface area (Å²) >= 11 is 0. The van der Waals surface area contributed by atoms with E-state index >= 15 is 0 Å². The molecule has 0 bridgehead atoms. The number of fused-ring (bicyclic) bond motifs is 1. The second kappa shape index (κ2) is 10.6. The van der Waals surface area contributed by atoms with Crippen molar-refractivity contribution in [2.75, 3.05) is 25.0 Å². The molecule has 186 valence electrons. The number of amides is 1. The SMILES string of the molecule is CC(=O)N1c2ccc(/C(C=N)=C/N(C)C3CCNCC3)c(Oc3ccc(F)c(F)c3)c2CC[C@@H]1C. The topological polar surface area (TPSA) is 68.7 Å². The van der Waals surface area contributed by atoms with Crippen LogP contribution in [0.25, 0.3) is 5.57 Å². The predicted octanol–water partition coefficient (Wildman–Crippen LogP) is 5.12. The first-order valence-corrected chi connectivity index (χ1v) is 12.0. The highest BCUT2D eigenvalue weighted by Gasteiger charge is 2.30. The molecule has 2 aliphatic heterocycles. The van der Waals surface area contributed by atoms with Crippen molar-refractivity contribution in [1.82, 2.24) is 10.2 Å². The molecular formula is C27H32F2N4O2. The van der Waals surface area contributed by atoms with E-state index in [-0.39, 0.29) is 17.7 Å². The van der Waals surface area contributed by atoms with E-state index in [9.17, 15) is 13.6 Å². The molecule has 0 saturated carbocycles. The van der Waals surface area contributed by atoms with Crippen molar-refractivity contribution in [2.45, 2.75) is 51.6 Å². The van der Waals surface area contributed by atoms with Gasteiger partial charge in [-0.15, -0.1) is 0 Å². The number of ether oxygens (including phenoxy) is 1. The molecule has 35 heavy (non-hydrogen) atoms. The molecule has 0 unspecified atom stereocenters. The van der Waals surface area contributed by atoms with Crippen molar-refractivity contribution in [2.24, 2.45) is 0 Å². The predicted molar refractivity (Wildman–Crippen MR) is 134 cm³/mol. The van der Waals surface area contributed by atoms with E-state index in [2.05, 4.69) is 10.2 Å². The molecule has 8 heteroatoms. The number of piperidine rings is 1. The third-order valence-electron chi connectivity index (χ3n) is 6.89. The first-order chi connectivity index (χ1) is 16.8. The molecule has 0 aromatic heterocycles. The Morgan fingerprint density at radius 3 is 2.57 bits per heavy atom. The molecule has 2 aromatic rings. The van der Waals surface area contributed by atoms with Crippen LogP contribution < -0.4 is 15.0 Å². The zero-order valence-corrected chi connectivity index (χ0v) is 20.4. The van der Waals surface area contributed by atoms with Crippen LogP contribution in [0.3, 0.4) is 0 Å². The number of carbonyl (C=O) groups excluding carboxylic acids is 1. The average Bonchev–Trinajstić information content (AvgIpc) is 2.85. The Morgan fingerprint density at radius 2 is 1.91 bits per heavy atom. The lowest BCUT2D eigenvalue weighted by atomic mass is 9.91. The van der Waals surface area contributed by atoms with Gasteiger partial charge in [0.1, 0.15) is 11.5 Å². The molecule has 2 heterocycles. The van der Waals surface area contributed by atoms with E-state index in [0.717, 1.165) is 55.7 Å². The van der Waals surface area contributed by atoms with Crippen LogP contribution in [-0.4, -0.2) is 49.2 Å². The normalized spacial score (nSPS) is 18.7. The van der Waals surface area contributed by atoms with Crippen LogP contribution in [0.5, 0.6) is 11.5 Å². The Kier molecular flexibility index (Phi) is 7.50. The summed E-state index contributed by atoms with van der Waals surface area (Å²) in [6, 6.07) is 7.55. The summed E-state index contributed by atoms with van der Waals surface area (Å²) in [7, 11) is 2.01. The number of carbonyl (C=O) groups is 1. The third-order valence-corrected chi connectivity index (χ3v) is 6.89. The minimum atomic E-state index is -0.999. The van der Waals surface area contributed by atoms with Crippen LogP contribution in [0.2, 0.25) is 0 Å². The standard InChI is InChI=1S/C27H32F2N4O2/c1-17-4-6-23-26(33(17)18(2)34)9-7-22(27(23)35-21-5-8-24(28)25(29)14-21)19(15-30)16-32(3)20-10-12-31-13-11-20/h5,7-9,14-17,20,30-31H,4,6,10-13H2,1-3H3/b19-16+,30-15?/t17-/m0/s1. The van der Waals surface area contributed by atoms with Gasteiger partial charge >= 0.3 is 0 Å². The van der Waals surface area contributed by atoms with Crippen molar-refractivity contribution in [3.63, 3.8) is 0 Å². The van der Waals surface area contributed by atoms with Crippen molar-refractivity contribution in [3.8, 4) is 11.5 Å². The number of benzene rings is 2. The van der Waals surface area contributed by atoms with Gasteiger partial charge < -0.3 is 25.3 Å². The van der Waals surface area contributed by atoms with Gasteiger partial charge in [0.25, 0.3) is 0 Å². The summed E-state index contributed by atoms with van der Waals surface area (Å²) in [6.07, 6.45) is 6.63. The highest BCUT2D eigenvalue weighted by Crippen LogP contribution is 2.43. The maximum atomic E-state index is 14.0. The first-order valence-electron chi connectivity index (χ1n) is 12.0. The molecule has 1 amide bonds. The van der Waals surface area contributed by atoms with E-state index in [0.29, 0.717) is 29.3 Å². The van der Waals surface area contributed by atoms with Crippen molar-refractivity contribution in [3.05, 3.63) is 59.3 Å². The van der Waals surface area contributed by atoms with Gasteiger partial charge in [0.2, 0.25) is 5.91 Å². The Bertz CT molecular complexity index is 1140. The molecule has 1 fully saturated rings. The second-order valence-corrected chi connectivity index (χ2v) is 9.27. The van der Waals surface area contributed by atoms with Crippen LogP contribution in [0, 0.1) is 17.0 Å². The molecular weight excluding hydrogens is 450 g/mol. The van der Waals surface area contributed by atoms with Gasteiger partial charge in [0.05, 0.1) is 5.69 Å². The summed E-state index contributed by atoms with van der Waals surface area (Å²) in [6.45, 7) is 5.44. The van der Waals surface area contributed by atoms with E-state index in [1.165, 1.54) is 19.2 Å². The summed E-state index contributed by atoms with van der Waals surface area (Å²) in [5.41, 5.74) is 2.87. The van der Waals surface area contributed by atoms with Gasteiger partial charge in [-0.1, -0.05) is 0 Å². The van der Waals surface area contributed by atoms with Crippen molar-refractivity contribution in [1.29, 1.82) is 5.41 Å². The minimum Gasteiger partial charge on any atom is -0.456 e. The molecule has 0 aliphatic carbocycles. The molecule has 1 atom stereocenters. The van der Waals surface area contributed by atoms with Crippen LogP contribution in [0.1, 0.15) is 44.2 Å². The fourth-order valence-electron chi connectivity index (χ4n) is 5.01. The Morgan fingerprint density at radius 1 is 1.17 bits per heavy atom. The van der Waals surface area contributed by atoms with Crippen LogP contribution in [-0.2, 0) is 11.2 Å². The van der Waals surface area contributed by atoms with Crippen LogP contribution in [0.15, 0.2) is 36.5 Å². The highest BCUT2D eigenvalue weighted by molar-refractivity contribution is 6.10. The van der Waals surface area contributed by atoms with E-state index < -0.39 is 11.6 Å². The minimum absolute atomic E-state index is 0.0331. The number of anilines is 1. The average molecular weight is 483 g/mol. The highest BCUT2D eigenvalue weighted by atomic mass is 19.2. The number of nitrogens with one attached hydrogen (secondary N) is 2. The van der Waals surface area contributed by atoms with Gasteiger partial charge in [-0.2, -0.15) is 0 Å². The second-order valence-electron chi connectivity index (χ2n) is 9.27. The van der Waals surface area contributed by atoms with E-state index in [4.69, 9.17) is 10.1 Å². The molecule has 6 nitrogen and oxygen atoms in total. The number of hydrogen-bond donors (Lipinski definition) is 2. The van der Waals surface area contributed by atoms with E-state index in [1.54, 1.807) is 4.90 Å². The third kappa shape index (κ3) is 5.22. The number of rotatable bonds is 6. The summed E-state index contributed by atoms with van der Waals surface area (Å²) in [5, 5.41) is 11.5. The lowest BCUT2D eigenvalue weighted by Gasteiger charge is -2.36. The molecule has 4 rings (SSSR count). The number of halogens is 2. The number of hydrogen-bond acceptors (Lipinski definition) is 5. The van der Waals surface area contributed by atoms with Gasteiger partial charge in [0, 0.05) is 61.2 Å². The van der Waals surface area contributed by atoms with Gasteiger partial charge in [0.15, 0.2) is 11.6 Å². The molecule has 2 N–H and O–H groups in total. The molecule has 2 aliphatic rings. The lowest BCUT2D eigenvalue weighted by molar-refractivity contribution is -0.117. The summed E-state index contributed by atoms with van der Waals surface area (Å²) in [5.74, 6) is -1.41. The molecule has 0 spiro atoms. The maximum absolute atomic E-state index is 14.0. The smallest absolute Gasteiger partial charge is 0.224 e. The van der Waals surface area contributed by atoms with Gasteiger partial charge in [-0.3, -0.25) is 4.79 Å². The number of allylic oxidation sites excluding steroid dienone is 1. The fraction of sp³-hybridized carbons (Fsp3) is 0.407. The summed E-state index contributed by atoms with van der Waals surface area (Å²) < 4.78 is 33.7. The first kappa shape index (κ1) is 24.9. The molecule has 1 saturated heterocycles. The fourth-order valence-corrected chi connectivity index (χ4v) is 5.01. The Hall–Kier alpha value is -3.26. The van der Waals surface area contributed by atoms with Crippen molar-refractivity contribution < 1.29 is 18.3 Å². The van der Waals surface area contributed by atoms with Crippen molar-refractivity contribution >= 4 is 23.4 Å². The zero-order valence-electron chi connectivity index (χ0n) is 20.4. The zero-order chi connectivity index (χ0) is 25.1. The Labute approximate surface area is 205 Å². The molecule has 0 radical (unpaired) electrons. The summed E-state index contributed by atoms with van der Waals surface area (Å²) in [4.78, 5) is 16.3. The van der Waals surface area contributed by atoms with Gasteiger partial charge in [-0.25, -0.2) is 8.78 Å². The lowest BCUT2D eigenvalue weighted by Crippen LogP contribution is -2.40. The van der Waals surface area contributed by atoms with Crippen LogP contribution >= 0.6 is 0 Å². The number of nitrogens with zero attached hydrogens (tertiary/aromatic N) is 2. The largest absolute Gasteiger partial charge is 0.456 e. The quantitative estimate of drug-likeness (QED) is 0.561. The van der Waals surface area contributed by atoms with Gasteiger partial charge in [-0.05, 0) is 70.0 Å². The monoisotopic (exact) mass is 482 g/mol.